The minimum absolute atomic E-state index is 0.0862. The molecular formula is C25H27FN4O3. The van der Waals surface area contributed by atoms with Gasteiger partial charge in [0.1, 0.15) is 12.4 Å². The van der Waals surface area contributed by atoms with Crippen LogP contribution in [0.25, 0.3) is 5.57 Å². The van der Waals surface area contributed by atoms with Gasteiger partial charge >= 0.3 is 0 Å². The molecule has 0 aliphatic heterocycles. The molecular weight excluding hydrogens is 423 g/mol. The number of hydrogen-bond acceptors (Lipinski definition) is 6. The van der Waals surface area contributed by atoms with Crippen LogP contribution in [0.2, 0.25) is 0 Å². The Morgan fingerprint density at radius 3 is 2.73 bits per heavy atom. The molecule has 0 radical (unpaired) electrons. The number of hydrogen-bond donors (Lipinski definition) is 2. The molecule has 33 heavy (non-hydrogen) atoms. The van der Waals surface area contributed by atoms with Crippen LogP contribution in [0.4, 0.5) is 15.9 Å². The number of carbonyl (C=O) groups excluding carboxylic acids is 1. The van der Waals surface area contributed by atoms with Crippen molar-refractivity contribution in [2.75, 3.05) is 11.1 Å². The number of nitrogens with one attached hydrogen (secondary N) is 1. The molecule has 0 saturated carbocycles. The van der Waals surface area contributed by atoms with Crippen molar-refractivity contribution in [2.45, 2.75) is 27.4 Å². The predicted molar refractivity (Wildman–Crippen MR) is 128 cm³/mol. The predicted octanol–water partition coefficient (Wildman–Crippen LogP) is 5.95. The number of anilines is 2. The third-order valence-corrected chi connectivity index (χ3v) is 4.27. The number of amides is 1. The topological polar surface area (TPSA) is 103 Å². The molecule has 3 rings (SSSR count). The minimum atomic E-state index is -0.483. The van der Waals surface area contributed by atoms with Crippen LogP contribution in [-0.4, -0.2) is 16.0 Å². The lowest BCUT2D eigenvalue weighted by Crippen LogP contribution is -2.14. The number of nitrogens with zero attached hydrogens (tertiary/aromatic N) is 2. The average Bonchev–Trinajstić information content (AvgIpc) is 3.34. The van der Waals surface area contributed by atoms with E-state index in [1.165, 1.54) is 18.2 Å². The number of nitrogens with two attached hydrogens (primary N) is 1. The number of rotatable bonds is 8. The Kier molecular flexibility index (Phi) is 9.57. The van der Waals surface area contributed by atoms with Gasteiger partial charge in [0.05, 0.1) is 0 Å². The maximum Gasteiger partial charge on any atom is 0.277 e. The van der Waals surface area contributed by atoms with Crippen molar-refractivity contribution in [3.8, 4) is 5.75 Å². The summed E-state index contributed by atoms with van der Waals surface area (Å²) in [6, 6.07) is 12.1. The van der Waals surface area contributed by atoms with Gasteiger partial charge < -0.3 is 20.3 Å². The molecule has 7 nitrogen and oxygen atoms in total. The van der Waals surface area contributed by atoms with Gasteiger partial charge in [0.25, 0.3) is 5.91 Å². The first-order chi connectivity index (χ1) is 16.0. The maximum absolute atomic E-state index is 13.2. The molecule has 3 N–H and O–H groups in total. The minimum Gasteiger partial charge on any atom is -0.485 e. The number of pyridine rings is 1. The Morgan fingerprint density at radius 2 is 2.00 bits per heavy atom. The van der Waals surface area contributed by atoms with Crippen LogP contribution in [-0.2, 0) is 6.61 Å². The van der Waals surface area contributed by atoms with Crippen molar-refractivity contribution < 1.29 is 18.4 Å². The summed E-state index contributed by atoms with van der Waals surface area (Å²) in [6.45, 7) is 9.23. The van der Waals surface area contributed by atoms with Gasteiger partial charge in [0, 0.05) is 23.5 Å². The van der Waals surface area contributed by atoms with Gasteiger partial charge in [-0.3, -0.25) is 4.79 Å². The molecule has 0 spiro atoms. The highest BCUT2D eigenvalue weighted by molar-refractivity contribution is 6.03. The zero-order chi connectivity index (χ0) is 24.2. The van der Waals surface area contributed by atoms with Crippen molar-refractivity contribution >= 4 is 23.0 Å². The summed E-state index contributed by atoms with van der Waals surface area (Å²) in [4.78, 5) is 16.6. The van der Waals surface area contributed by atoms with Gasteiger partial charge in [-0.2, -0.15) is 0 Å². The SMILES string of the molecule is C=C/C(F)=C\C=C(/C)c1cc(C(=O)Nc2ccccc2COc2cccnc2N)no1.CC. The van der Waals surface area contributed by atoms with E-state index >= 15 is 0 Å². The summed E-state index contributed by atoms with van der Waals surface area (Å²) in [7, 11) is 0. The standard InChI is InChI=1S/C23H21FN4O3.C2H6/c1-3-17(24)11-10-15(2)21-13-19(28-31-21)23(29)27-18-8-5-4-7-16(18)14-30-20-9-6-12-26-22(20)25;1-2/h3-13H,1,14H2,2H3,(H2,25,26)(H,27,29);1-2H3/b15-10+,17-11+;. The lowest BCUT2D eigenvalue weighted by atomic mass is 10.1. The molecule has 8 heteroatoms. The van der Waals surface area contributed by atoms with Gasteiger partial charge in [-0.15, -0.1) is 0 Å². The number of benzene rings is 1. The summed E-state index contributed by atoms with van der Waals surface area (Å²) in [5.41, 5.74) is 7.78. The summed E-state index contributed by atoms with van der Waals surface area (Å²) in [5, 5.41) is 6.59. The van der Waals surface area contributed by atoms with E-state index < -0.39 is 11.7 Å². The highest BCUT2D eigenvalue weighted by Crippen LogP contribution is 2.23. The third-order valence-electron chi connectivity index (χ3n) is 4.27. The average molecular weight is 451 g/mol. The van der Waals surface area contributed by atoms with Crippen LogP contribution in [0.3, 0.4) is 0 Å². The van der Waals surface area contributed by atoms with Crippen molar-refractivity contribution in [3.05, 3.63) is 96.3 Å². The molecule has 0 bridgehead atoms. The second-order valence-electron chi connectivity index (χ2n) is 6.47. The Bertz CT molecular complexity index is 1150. The fraction of sp³-hybridized carbons (Fsp3) is 0.160. The molecule has 0 aliphatic rings. The highest BCUT2D eigenvalue weighted by atomic mass is 19.1. The number of aromatic nitrogens is 2. The zero-order valence-corrected chi connectivity index (χ0v) is 18.8. The smallest absolute Gasteiger partial charge is 0.277 e. The molecule has 172 valence electrons. The van der Waals surface area contributed by atoms with Crippen LogP contribution >= 0.6 is 0 Å². The van der Waals surface area contributed by atoms with Crippen molar-refractivity contribution in [2.24, 2.45) is 0 Å². The van der Waals surface area contributed by atoms with E-state index in [1.807, 2.05) is 26.0 Å². The number of carbonyl (C=O) groups is 1. The monoisotopic (exact) mass is 450 g/mol. The van der Waals surface area contributed by atoms with E-state index in [0.717, 1.165) is 11.6 Å². The Balaban J connectivity index is 0.00000187. The van der Waals surface area contributed by atoms with Crippen molar-refractivity contribution in [3.63, 3.8) is 0 Å². The highest BCUT2D eigenvalue weighted by Gasteiger charge is 2.15. The Hall–Kier alpha value is -4.20. The number of allylic oxidation sites excluding steroid dienone is 5. The molecule has 0 atom stereocenters. The summed E-state index contributed by atoms with van der Waals surface area (Å²) >= 11 is 0. The van der Waals surface area contributed by atoms with Gasteiger partial charge in [0.2, 0.25) is 0 Å². The molecule has 2 aromatic heterocycles. The molecule has 1 aromatic carbocycles. The van der Waals surface area contributed by atoms with Crippen LogP contribution in [0, 0.1) is 0 Å². The normalized spacial score (nSPS) is 11.3. The molecule has 0 fully saturated rings. The number of nitrogen functional groups attached to an aromatic ring is 1. The lowest BCUT2D eigenvalue weighted by molar-refractivity contribution is 0.101. The van der Waals surface area contributed by atoms with Crippen LogP contribution in [0.5, 0.6) is 5.75 Å². The maximum atomic E-state index is 13.2. The molecule has 2 heterocycles. The van der Waals surface area contributed by atoms with Crippen molar-refractivity contribution in [1.82, 2.24) is 10.1 Å². The van der Waals surface area contributed by atoms with E-state index in [0.29, 0.717) is 22.8 Å². The van der Waals surface area contributed by atoms with Gasteiger partial charge in [-0.1, -0.05) is 49.9 Å². The lowest BCUT2D eigenvalue weighted by Gasteiger charge is -2.12. The summed E-state index contributed by atoms with van der Waals surface area (Å²) < 4.78 is 24.1. The Labute approximate surface area is 192 Å². The van der Waals surface area contributed by atoms with E-state index in [4.69, 9.17) is 15.0 Å². The van der Waals surface area contributed by atoms with Crippen LogP contribution < -0.4 is 15.8 Å². The second-order valence-corrected chi connectivity index (χ2v) is 6.47. The van der Waals surface area contributed by atoms with E-state index in [1.54, 1.807) is 37.4 Å². The first-order valence-corrected chi connectivity index (χ1v) is 10.3. The molecule has 0 saturated heterocycles. The third kappa shape index (κ3) is 7.17. The zero-order valence-electron chi connectivity index (χ0n) is 18.8. The fourth-order valence-electron chi connectivity index (χ4n) is 2.56. The van der Waals surface area contributed by atoms with Gasteiger partial charge in [0.15, 0.2) is 23.0 Å². The second kappa shape index (κ2) is 12.6. The number of para-hydroxylation sites is 1. The van der Waals surface area contributed by atoms with Crippen LogP contribution in [0.15, 0.2) is 83.8 Å². The largest absolute Gasteiger partial charge is 0.485 e. The van der Waals surface area contributed by atoms with E-state index in [9.17, 15) is 9.18 Å². The molecule has 0 unspecified atom stereocenters. The van der Waals surface area contributed by atoms with E-state index in [2.05, 4.69) is 22.0 Å². The molecule has 1 amide bonds. The molecule has 3 aromatic rings. The number of halogens is 1. The van der Waals surface area contributed by atoms with Crippen LogP contribution in [0.1, 0.15) is 42.6 Å². The number of ether oxygens (including phenoxy) is 1. The summed E-state index contributed by atoms with van der Waals surface area (Å²) in [5.74, 6) is 0.147. The Morgan fingerprint density at radius 1 is 1.24 bits per heavy atom. The van der Waals surface area contributed by atoms with Crippen molar-refractivity contribution in [1.29, 1.82) is 0 Å². The first-order valence-electron chi connectivity index (χ1n) is 10.3. The summed E-state index contributed by atoms with van der Waals surface area (Å²) in [6.07, 6.45) is 5.42. The fourth-order valence-corrected chi connectivity index (χ4v) is 2.56. The quantitative estimate of drug-likeness (QED) is 0.411. The van der Waals surface area contributed by atoms with Gasteiger partial charge in [-0.25, -0.2) is 9.37 Å². The first kappa shape index (κ1) is 25.1. The van der Waals surface area contributed by atoms with Gasteiger partial charge in [-0.05, 0) is 42.8 Å². The van der Waals surface area contributed by atoms with E-state index in [-0.39, 0.29) is 18.1 Å². The molecule has 0 aliphatic carbocycles.